The van der Waals surface area contributed by atoms with Crippen LogP contribution in [0.3, 0.4) is 0 Å². The van der Waals surface area contributed by atoms with Crippen molar-refractivity contribution < 1.29 is 4.39 Å². The topological polar surface area (TPSA) is 12.0 Å². The molecule has 2 aromatic rings. The fourth-order valence-electron chi connectivity index (χ4n) is 2.67. The highest BCUT2D eigenvalue weighted by atomic mass is 19.1. The molecule has 1 nitrogen and oxygen atoms in total. The second-order valence-corrected chi connectivity index (χ2v) is 5.62. The van der Waals surface area contributed by atoms with E-state index < -0.39 is 0 Å². The van der Waals surface area contributed by atoms with Crippen molar-refractivity contribution in [3.63, 3.8) is 0 Å². The number of aryl methyl sites for hydroxylation is 1. The van der Waals surface area contributed by atoms with Crippen molar-refractivity contribution in [2.45, 2.75) is 32.6 Å². The van der Waals surface area contributed by atoms with Crippen LogP contribution in [0.2, 0.25) is 0 Å². The van der Waals surface area contributed by atoms with Crippen molar-refractivity contribution in [1.82, 2.24) is 5.32 Å². The summed E-state index contributed by atoms with van der Waals surface area (Å²) in [6, 6.07) is 15.6. The molecule has 0 radical (unpaired) electrons. The summed E-state index contributed by atoms with van der Waals surface area (Å²) in [6.07, 6.45) is 1.95. The van der Waals surface area contributed by atoms with E-state index in [9.17, 15) is 4.39 Å². The standard InChI is InChI=1S/C19H24FN/c1-3-11-21-14-17(18-9-4-5-10-19(18)20)13-16-8-6-7-15(2)12-16/h4-10,12,17,21H,3,11,13-14H2,1-2H3. The van der Waals surface area contributed by atoms with Crippen LogP contribution in [0.4, 0.5) is 4.39 Å². The Bertz CT molecular complexity index is 565. The Labute approximate surface area is 127 Å². The molecule has 0 aliphatic carbocycles. The van der Waals surface area contributed by atoms with Crippen molar-refractivity contribution >= 4 is 0 Å². The first-order chi connectivity index (χ1) is 10.2. The molecule has 0 aliphatic heterocycles. The largest absolute Gasteiger partial charge is 0.316 e. The predicted octanol–water partition coefficient (Wildman–Crippen LogP) is 4.46. The van der Waals surface area contributed by atoms with Gasteiger partial charge in [0.05, 0.1) is 0 Å². The van der Waals surface area contributed by atoms with Crippen LogP contribution in [0.25, 0.3) is 0 Å². The van der Waals surface area contributed by atoms with Gasteiger partial charge >= 0.3 is 0 Å². The van der Waals surface area contributed by atoms with Gasteiger partial charge in [-0.3, -0.25) is 0 Å². The average Bonchev–Trinajstić information content (AvgIpc) is 2.47. The van der Waals surface area contributed by atoms with Gasteiger partial charge in [0.2, 0.25) is 0 Å². The van der Waals surface area contributed by atoms with Crippen molar-refractivity contribution in [1.29, 1.82) is 0 Å². The first kappa shape index (κ1) is 15.7. The summed E-state index contributed by atoms with van der Waals surface area (Å²) in [5.41, 5.74) is 3.32. The summed E-state index contributed by atoms with van der Waals surface area (Å²) in [5.74, 6) is 0.0630. The highest BCUT2D eigenvalue weighted by molar-refractivity contribution is 5.28. The zero-order valence-electron chi connectivity index (χ0n) is 12.9. The van der Waals surface area contributed by atoms with Crippen LogP contribution in [-0.4, -0.2) is 13.1 Å². The van der Waals surface area contributed by atoms with Gasteiger partial charge in [-0.05, 0) is 43.5 Å². The Morgan fingerprint density at radius 3 is 2.62 bits per heavy atom. The lowest BCUT2D eigenvalue weighted by atomic mass is 9.91. The van der Waals surface area contributed by atoms with Crippen LogP contribution >= 0.6 is 0 Å². The van der Waals surface area contributed by atoms with E-state index in [4.69, 9.17) is 0 Å². The van der Waals surface area contributed by atoms with E-state index >= 15 is 0 Å². The molecule has 0 heterocycles. The molecule has 0 bridgehead atoms. The van der Waals surface area contributed by atoms with Crippen LogP contribution in [0.1, 0.15) is 36.0 Å². The third kappa shape index (κ3) is 4.68. The van der Waals surface area contributed by atoms with E-state index in [0.717, 1.165) is 31.5 Å². The minimum Gasteiger partial charge on any atom is -0.316 e. The van der Waals surface area contributed by atoms with Gasteiger partial charge in [0, 0.05) is 12.5 Å². The zero-order valence-corrected chi connectivity index (χ0v) is 12.9. The van der Waals surface area contributed by atoms with Crippen molar-refractivity contribution in [2.24, 2.45) is 0 Å². The number of hydrogen-bond acceptors (Lipinski definition) is 1. The van der Waals surface area contributed by atoms with Crippen LogP contribution in [0, 0.1) is 12.7 Å². The molecular formula is C19H24FN. The molecule has 0 saturated carbocycles. The van der Waals surface area contributed by atoms with Gasteiger partial charge in [-0.2, -0.15) is 0 Å². The molecule has 112 valence electrons. The summed E-state index contributed by atoms with van der Waals surface area (Å²) in [6.45, 7) is 6.02. The number of nitrogens with one attached hydrogen (secondary N) is 1. The zero-order chi connectivity index (χ0) is 15.1. The van der Waals surface area contributed by atoms with Crippen LogP contribution in [0.5, 0.6) is 0 Å². The molecule has 0 amide bonds. The van der Waals surface area contributed by atoms with E-state index in [0.29, 0.717) is 0 Å². The maximum Gasteiger partial charge on any atom is 0.126 e. The number of halogens is 1. The maximum absolute atomic E-state index is 14.1. The fraction of sp³-hybridized carbons (Fsp3) is 0.368. The summed E-state index contributed by atoms with van der Waals surface area (Å²) in [4.78, 5) is 0. The smallest absolute Gasteiger partial charge is 0.126 e. The molecule has 0 spiro atoms. The van der Waals surface area contributed by atoms with Crippen molar-refractivity contribution in [2.75, 3.05) is 13.1 Å². The van der Waals surface area contributed by atoms with E-state index in [1.54, 1.807) is 12.1 Å². The normalized spacial score (nSPS) is 12.3. The molecule has 0 fully saturated rings. The number of benzene rings is 2. The Hall–Kier alpha value is -1.67. The number of rotatable bonds is 7. The minimum absolute atomic E-state index is 0.103. The monoisotopic (exact) mass is 285 g/mol. The average molecular weight is 285 g/mol. The molecule has 1 atom stereocenters. The Morgan fingerprint density at radius 1 is 1.10 bits per heavy atom. The first-order valence-corrected chi connectivity index (χ1v) is 7.71. The second kappa shape index (κ2) is 7.94. The Kier molecular flexibility index (Phi) is 5.94. The highest BCUT2D eigenvalue weighted by Gasteiger charge is 2.15. The van der Waals surface area contributed by atoms with Crippen LogP contribution in [-0.2, 0) is 6.42 Å². The molecular weight excluding hydrogens is 261 g/mol. The van der Waals surface area contributed by atoms with Gasteiger partial charge in [-0.25, -0.2) is 4.39 Å². The molecule has 2 aromatic carbocycles. The predicted molar refractivity (Wildman–Crippen MR) is 87.2 cm³/mol. The SMILES string of the molecule is CCCNCC(Cc1cccc(C)c1)c1ccccc1F. The molecule has 0 saturated heterocycles. The number of hydrogen-bond donors (Lipinski definition) is 1. The van der Waals surface area contributed by atoms with Gasteiger partial charge in [-0.1, -0.05) is 55.0 Å². The van der Waals surface area contributed by atoms with Crippen molar-refractivity contribution in [3.05, 3.63) is 71.0 Å². The summed E-state index contributed by atoms with van der Waals surface area (Å²) in [7, 11) is 0. The Morgan fingerprint density at radius 2 is 1.90 bits per heavy atom. The van der Waals surface area contributed by atoms with E-state index in [1.165, 1.54) is 11.1 Å². The van der Waals surface area contributed by atoms with Gasteiger partial charge in [0.15, 0.2) is 0 Å². The van der Waals surface area contributed by atoms with E-state index in [1.807, 2.05) is 12.1 Å². The van der Waals surface area contributed by atoms with Crippen LogP contribution < -0.4 is 5.32 Å². The van der Waals surface area contributed by atoms with E-state index in [2.05, 4.69) is 43.4 Å². The molecule has 21 heavy (non-hydrogen) atoms. The van der Waals surface area contributed by atoms with Gasteiger partial charge in [-0.15, -0.1) is 0 Å². The lowest BCUT2D eigenvalue weighted by Crippen LogP contribution is -2.24. The quantitative estimate of drug-likeness (QED) is 0.741. The highest BCUT2D eigenvalue weighted by Crippen LogP contribution is 2.23. The maximum atomic E-state index is 14.1. The molecule has 0 aromatic heterocycles. The first-order valence-electron chi connectivity index (χ1n) is 7.71. The van der Waals surface area contributed by atoms with Gasteiger partial charge in [0.25, 0.3) is 0 Å². The molecule has 2 heteroatoms. The lowest BCUT2D eigenvalue weighted by Gasteiger charge is -2.19. The summed E-state index contributed by atoms with van der Waals surface area (Å²) < 4.78 is 14.1. The molecule has 1 N–H and O–H groups in total. The molecule has 1 unspecified atom stereocenters. The Balaban J connectivity index is 2.17. The third-order valence-electron chi connectivity index (χ3n) is 3.73. The van der Waals surface area contributed by atoms with Crippen LogP contribution in [0.15, 0.2) is 48.5 Å². The minimum atomic E-state index is -0.103. The van der Waals surface area contributed by atoms with Gasteiger partial charge in [0.1, 0.15) is 5.82 Å². The third-order valence-corrected chi connectivity index (χ3v) is 3.73. The summed E-state index contributed by atoms with van der Waals surface area (Å²) >= 11 is 0. The summed E-state index contributed by atoms with van der Waals surface area (Å²) in [5, 5.41) is 3.43. The fourth-order valence-corrected chi connectivity index (χ4v) is 2.67. The second-order valence-electron chi connectivity index (χ2n) is 5.62. The molecule has 2 rings (SSSR count). The van der Waals surface area contributed by atoms with E-state index in [-0.39, 0.29) is 11.7 Å². The van der Waals surface area contributed by atoms with Gasteiger partial charge < -0.3 is 5.32 Å². The molecule has 0 aliphatic rings. The van der Waals surface area contributed by atoms with Crippen molar-refractivity contribution in [3.8, 4) is 0 Å². The lowest BCUT2D eigenvalue weighted by molar-refractivity contribution is 0.536.